The molecule has 0 aromatic heterocycles. The quantitative estimate of drug-likeness (QED) is 0.706. The lowest BCUT2D eigenvalue weighted by Gasteiger charge is -2.56. The molecule has 158 valence electrons. The zero-order valence-electron chi connectivity index (χ0n) is 17.6. The monoisotopic (exact) mass is 417 g/mol. The van der Waals surface area contributed by atoms with Gasteiger partial charge in [-0.15, -0.1) is 11.8 Å². The minimum Gasteiger partial charge on any atom is -0.496 e. The standard InChI is InChI=1S/C23H31NO4S/c1-26-18-10-20(28-3)19(27-2)9-17(18)21-24(4-5-29-21)22(25)23-11-14-6-15(12-23)8-16(7-14)13-23/h9-10,14-16,21H,4-8,11-13H2,1-3H3. The predicted molar refractivity (Wildman–Crippen MR) is 114 cm³/mol. The maximum absolute atomic E-state index is 14.0. The average Bonchev–Trinajstić information content (AvgIpc) is 3.20. The van der Waals surface area contributed by atoms with Gasteiger partial charge >= 0.3 is 0 Å². The first-order valence-corrected chi connectivity index (χ1v) is 11.8. The summed E-state index contributed by atoms with van der Waals surface area (Å²) in [5, 5.41) is -0.0229. The van der Waals surface area contributed by atoms with Crippen molar-refractivity contribution in [2.24, 2.45) is 23.2 Å². The van der Waals surface area contributed by atoms with Crippen LogP contribution < -0.4 is 14.2 Å². The van der Waals surface area contributed by atoms with Gasteiger partial charge in [0.2, 0.25) is 5.91 Å². The highest BCUT2D eigenvalue weighted by Crippen LogP contribution is 2.61. The second kappa shape index (κ2) is 7.29. The van der Waals surface area contributed by atoms with Gasteiger partial charge in [0, 0.05) is 23.9 Å². The number of hydrogen-bond acceptors (Lipinski definition) is 5. The molecule has 6 heteroatoms. The molecule has 1 aliphatic heterocycles. The number of rotatable bonds is 5. The predicted octanol–water partition coefficient (Wildman–Crippen LogP) is 4.50. The van der Waals surface area contributed by atoms with Crippen molar-refractivity contribution in [3.05, 3.63) is 17.7 Å². The van der Waals surface area contributed by atoms with E-state index in [2.05, 4.69) is 4.90 Å². The molecule has 1 heterocycles. The Bertz CT molecular complexity index is 775. The molecule has 1 aromatic rings. The third-order valence-corrected chi connectivity index (χ3v) is 8.89. The summed E-state index contributed by atoms with van der Waals surface area (Å²) < 4.78 is 16.7. The largest absolute Gasteiger partial charge is 0.496 e. The number of methoxy groups -OCH3 is 3. The molecule has 4 bridgehead atoms. The Balaban J connectivity index is 1.47. The van der Waals surface area contributed by atoms with Gasteiger partial charge in [-0.25, -0.2) is 0 Å². The van der Waals surface area contributed by atoms with E-state index in [9.17, 15) is 4.79 Å². The highest BCUT2D eigenvalue weighted by molar-refractivity contribution is 7.99. The van der Waals surface area contributed by atoms with Crippen LogP contribution in [0.25, 0.3) is 0 Å². The van der Waals surface area contributed by atoms with Gasteiger partial charge in [0.15, 0.2) is 11.5 Å². The fourth-order valence-electron chi connectivity index (χ4n) is 6.86. The van der Waals surface area contributed by atoms with Crippen LogP contribution in [0.15, 0.2) is 12.1 Å². The van der Waals surface area contributed by atoms with E-state index in [-0.39, 0.29) is 10.8 Å². The minimum atomic E-state index is -0.109. The van der Waals surface area contributed by atoms with Crippen LogP contribution in [0, 0.1) is 23.2 Å². The Morgan fingerprint density at radius 3 is 2.03 bits per heavy atom. The lowest BCUT2D eigenvalue weighted by molar-refractivity contribution is -0.157. The van der Waals surface area contributed by atoms with E-state index < -0.39 is 0 Å². The first-order valence-electron chi connectivity index (χ1n) is 10.8. The summed E-state index contributed by atoms with van der Waals surface area (Å²) in [4.78, 5) is 16.1. The number of amides is 1. The summed E-state index contributed by atoms with van der Waals surface area (Å²) in [6.45, 7) is 0.813. The maximum Gasteiger partial charge on any atom is 0.230 e. The van der Waals surface area contributed by atoms with Crippen molar-refractivity contribution >= 4 is 17.7 Å². The Labute approximate surface area is 177 Å². The molecule has 29 heavy (non-hydrogen) atoms. The fourth-order valence-corrected chi connectivity index (χ4v) is 8.13. The lowest BCUT2D eigenvalue weighted by Crippen LogP contribution is -2.54. The average molecular weight is 418 g/mol. The van der Waals surface area contributed by atoms with Gasteiger partial charge in [-0.2, -0.15) is 0 Å². The molecule has 5 aliphatic rings. The van der Waals surface area contributed by atoms with Crippen molar-refractivity contribution in [2.45, 2.75) is 43.9 Å². The highest BCUT2D eigenvalue weighted by Gasteiger charge is 2.56. The van der Waals surface area contributed by atoms with Gasteiger partial charge in [-0.05, 0) is 62.3 Å². The number of carbonyl (C=O) groups is 1. The third kappa shape index (κ3) is 3.09. The Hall–Kier alpha value is -1.56. The van der Waals surface area contributed by atoms with Crippen molar-refractivity contribution < 1.29 is 19.0 Å². The van der Waals surface area contributed by atoms with Crippen LogP contribution in [0.1, 0.15) is 49.5 Å². The highest BCUT2D eigenvalue weighted by atomic mass is 32.2. The second-order valence-corrected chi connectivity index (χ2v) is 10.6. The first kappa shape index (κ1) is 19.4. The molecule has 6 rings (SSSR count). The molecule has 4 aliphatic carbocycles. The molecule has 1 amide bonds. The molecule has 0 N–H and O–H groups in total. The summed E-state index contributed by atoms with van der Waals surface area (Å²) in [5.41, 5.74) is 0.896. The van der Waals surface area contributed by atoms with E-state index in [0.717, 1.165) is 60.6 Å². The Morgan fingerprint density at radius 1 is 0.931 bits per heavy atom. The molecular weight excluding hydrogens is 386 g/mol. The molecule has 1 unspecified atom stereocenters. The second-order valence-electron chi connectivity index (χ2n) is 9.37. The topological polar surface area (TPSA) is 48.0 Å². The van der Waals surface area contributed by atoms with Gasteiger partial charge in [-0.1, -0.05) is 0 Å². The maximum atomic E-state index is 14.0. The van der Waals surface area contributed by atoms with Crippen molar-refractivity contribution in [1.82, 2.24) is 4.90 Å². The summed E-state index contributed by atoms with van der Waals surface area (Å²) in [6.07, 6.45) is 7.38. The minimum absolute atomic E-state index is 0.0229. The van der Waals surface area contributed by atoms with E-state index in [1.54, 1.807) is 21.3 Å². The summed E-state index contributed by atoms with van der Waals surface area (Å²) in [6, 6.07) is 3.86. The smallest absolute Gasteiger partial charge is 0.230 e. The van der Waals surface area contributed by atoms with Crippen LogP contribution in [-0.2, 0) is 4.79 Å². The van der Waals surface area contributed by atoms with Crippen LogP contribution in [0.5, 0.6) is 17.2 Å². The van der Waals surface area contributed by atoms with Gasteiger partial charge in [0.1, 0.15) is 11.1 Å². The van der Waals surface area contributed by atoms with E-state index in [4.69, 9.17) is 14.2 Å². The molecule has 1 saturated heterocycles. The SMILES string of the molecule is COc1cc(OC)c(C2SCCN2C(=O)C23CC4CC(CC(C4)C2)C3)cc1OC. The number of thioether (sulfide) groups is 1. The zero-order valence-corrected chi connectivity index (χ0v) is 18.4. The number of carbonyl (C=O) groups excluding carboxylic acids is 1. The number of ether oxygens (including phenoxy) is 3. The van der Waals surface area contributed by atoms with E-state index in [1.807, 2.05) is 23.9 Å². The van der Waals surface area contributed by atoms with Crippen LogP contribution in [-0.4, -0.2) is 44.4 Å². The zero-order chi connectivity index (χ0) is 20.2. The van der Waals surface area contributed by atoms with Crippen LogP contribution in [0.4, 0.5) is 0 Å². The van der Waals surface area contributed by atoms with Gasteiger partial charge in [-0.3, -0.25) is 4.79 Å². The molecular formula is C23H31NO4S. The van der Waals surface area contributed by atoms with Crippen LogP contribution >= 0.6 is 11.8 Å². The van der Waals surface area contributed by atoms with Gasteiger partial charge in [0.05, 0.1) is 26.7 Å². The number of benzene rings is 1. The van der Waals surface area contributed by atoms with Crippen molar-refractivity contribution in [3.8, 4) is 17.2 Å². The van der Waals surface area contributed by atoms with Gasteiger partial charge in [0.25, 0.3) is 0 Å². The summed E-state index contributed by atoms with van der Waals surface area (Å²) in [5.74, 6) is 5.75. The Kier molecular flexibility index (Phi) is 4.88. The van der Waals surface area contributed by atoms with Crippen molar-refractivity contribution in [2.75, 3.05) is 33.6 Å². The van der Waals surface area contributed by atoms with E-state index >= 15 is 0 Å². The van der Waals surface area contributed by atoms with E-state index in [1.165, 1.54) is 19.3 Å². The normalized spacial score (nSPS) is 35.1. The molecule has 1 atom stereocenters. The summed E-state index contributed by atoms with van der Waals surface area (Å²) >= 11 is 1.83. The first-order chi connectivity index (χ1) is 14.1. The molecule has 5 nitrogen and oxygen atoms in total. The molecule has 0 spiro atoms. The molecule has 0 radical (unpaired) electrons. The van der Waals surface area contributed by atoms with Crippen LogP contribution in [0.3, 0.4) is 0 Å². The number of nitrogens with zero attached hydrogens (tertiary/aromatic N) is 1. The van der Waals surface area contributed by atoms with Crippen LogP contribution in [0.2, 0.25) is 0 Å². The number of hydrogen-bond donors (Lipinski definition) is 0. The molecule has 4 saturated carbocycles. The lowest BCUT2D eigenvalue weighted by atomic mass is 9.49. The van der Waals surface area contributed by atoms with Gasteiger partial charge < -0.3 is 19.1 Å². The third-order valence-electron chi connectivity index (χ3n) is 7.65. The summed E-state index contributed by atoms with van der Waals surface area (Å²) in [7, 11) is 4.95. The Morgan fingerprint density at radius 2 is 1.48 bits per heavy atom. The molecule has 1 aromatic carbocycles. The van der Waals surface area contributed by atoms with Crippen molar-refractivity contribution in [3.63, 3.8) is 0 Å². The van der Waals surface area contributed by atoms with E-state index in [0.29, 0.717) is 17.4 Å². The molecule has 5 fully saturated rings. The fraction of sp³-hybridized carbons (Fsp3) is 0.696. The van der Waals surface area contributed by atoms with Crippen molar-refractivity contribution in [1.29, 1.82) is 0 Å².